The lowest BCUT2D eigenvalue weighted by Gasteiger charge is -2.04. The topological polar surface area (TPSA) is 40.1 Å². The second-order valence-electron chi connectivity index (χ2n) is 1.19. The molecule has 0 radical (unpaired) electrons. The van der Waals surface area contributed by atoms with Gasteiger partial charge in [0, 0.05) is 0 Å². The van der Waals surface area contributed by atoms with Crippen LogP contribution in [0.5, 0.6) is 0 Å². The van der Waals surface area contributed by atoms with E-state index in [1.807, 2.05) is 0 Å². The van der Waals surface area contributed by atoms with Crippen LogP contribution in [0.25, 0.3) is 0 Å². The van der Waals surface area contributed by atoms with Gasteiger partial charge in [-0.05, 0) is 6.42 Å². The van der Waals surface area contributed by atoms with Gasteiger partial charge in [-0.3, -0.25) is 0 Å². The Morgan fingerprint density at radius 1 is 2.00 bits per heavy atom. The number of hydrogen-bond acceptors (Lipinski definition) is 2. The molecule has 0 saturated carbocycles. The normalized spacial score (nSPS) is 13.4. The number of carbonyl (C=O) groups is 1. The standard InChI is InChI=1S/C4H7ClO2/c1-2-3(5)4(6)7/h3H,2H2,1H3,(H,6,7)/p-1/t3-/m1/s1. The molecule has 0 aliphatic rings. The second-order valence-corrected chi connectivity index (χ2v) is 1.72. The maximum absolute atomic E-state index is 9.69. The maximum atomic E-state index is 9.69. The van der Waals surface area contributed by atoms with Crippen molar-refractivity contribution in [2.24, 2.45) is 0 Å². The minimum atomic E-state index is -1.19. The number of carbonyl (C=O) groups excluding carboxylic acids is 1. The minimum absolute atomic E-state index is 0.421. The molecule has 0 aromatic carbocycles. The SMILES string of the molecule is CC[C@@H](Cl)C(=O)[O-]. The molecule has 0 heterocycles. The van der Waals surface area contributed by atoms with Crippen LogP contribution >= 0.6 is 11.6 Å². The molecule has 42 valence electrons. The van der Waals surface area contributed by atoms with Crippen molar-refractivity contribution in [2.75, 3.05) is 0 Å². The average molecular weight is 122 g/mol. The van der Waals surface area contributed by atoms with Gasteiger partial charge in [0.15, 0.2) is 0 Å². The highest BCUT2D eigenvalue weighted by molar-refractivity contribution is 6.29. The lowest BCUT2D eigenvalue weighted by atomic mass is 10.3. The zero-order chi connectivity index (χ0) is 5.86. The van der Waals surface area contributed by atoms with E-state index in [2.05, 4.69) is 0 Å². The number of carboxylic acid groups (broad SMARTS) is 1. The smallest absolute Gasteiger partial charge is 0.0728 e. The van der Waals surface area contributed by atoms with Crippen LogP contribution in [0.3, 0.4) is 0 Å². The summed E-state index contributed by atoms with van der Waals surface area (Å²) >= 11 is 5.14. The van der Waals surface area contributed by atoms with E-state index in [4.69, 9.17) is 11.6 Å². The molecule has 0 bridgehead atoms. The lowest BCUT2D eigenvalue weighted by Crippen LogP contribution is -2.31. The van der Waals surface area contributed by atoms with Gasteiger partial charge in [-0.1, -0.05) is 6.92 Å². The van der Waals surface area contributed by atoms with E-state index < -0.39 is 11.3 Å². The Bertz CT molecular complexity index is 72.1. The summed E-state index contributed by atoms with van der Waals surface area (Å²) in [7, 11) is 0. The molecule has 0 aliphatic heterocycles. The van der Waals surface area contributed by atoms with Gasteiger partial charge < -0.3 is 9.90 Å². The van der Waals surface area contributed by atoms with Gasteiger partial charge in [0.2, 0.25) is 0 Å². The van der Waals surface area contributed by atoms with Gasteiger partial charge >= 0.3 is 0 Å². The minimum Gasteiger partial charge on any atom is -0.549 e. The zero-order valence-corrected chi connectivity index (χ0v) is 4.73. The highest BCUT2D eigenvalue weighted by atomic mass is 35.5. The number of alkyl halides is 1. The first-order valence-corrected chi connectivity index (χ1v) is 2.47. The molecule has 0 unspecified atom stereocenters. The van der Waals surface area contributed by atoms with Crippen LogP contribution in [0.4, 0.5) is 0 Å². The number of carboxylic acids is 1. The molecule has 0 aromatic heterocycles. The molecule has 2 nitrogen and oxygen atoms in total. The monoisotopic (exact) mass is 121 g/mol. The van der Waals surface area contributed by atoms with Crippen molar-refractivity contribution in [1.82, 2.24) is 0 Å². The summed E-state index contributed by atoms with van der Waals surface area (Å²) in [6.45, 7) is 1.69. The molecule has 0 amide bonds. The molecular formula is C4H6ClO2-. The van der Waals surface area contributed by atoms with Crippen molar-refractivity contribution in [1.29, 1.82) is 0 Å². The maximum Gasteiger partial charge on any atom is 0.0728 e. The summed E-state index contributed by atoms with van der Waals surface area (Å²) in [5.41, 5.74) is 0. The summed E-state index contributed by atoms with van der Waals surface area (Å²) in [6.07, 6.45) is 0.421. The molecule has 7 heavy (non-hydrogen) atoms. The first-order chi connectivity index (χ1) is 3.18. The van der Waals surface area contributed by atoms with E-state index in [0.717, 1.165) is 0 Å². The van der Waals surface area contributed by atoms with Crippen LogP contribution in [0.2, 0.25) is 0 Å². The summed E-state index contributed by atoms with van der Waals surface area (Å²) in [5, 5.41) is 8.87. The van der Waals surface area contributed by atoms with Crippen LogP contribution in [-0.2, 0) is 4.79 Å². The Labute approximate surface area is 47.1 Å². The Balaban J connectivity index is 3.34. The number of rotatable bonds is 2. The highest BCUT2D eigenvalue weighted by Crippen LogP contribution is 1.96. The number of aliphatic carboxylic acids is 1. The number of hydrogen-bond donors (Lipinski definition) is 0. The Morgan fingerprint density at radius 2 is 2.43 bits per heavy atom. The van der Waals surface area contributed by atoms with Gasteiger partial charge in [-0.25, -0.2) is 0 Å². The van der Waals surface area contributed by atoms with E-state index in [1.165, 1.54) is 0 Å². The third kappa shape index (κ3) is 2.45. The predicted molar refractivity (Wildman–Crippen MR) is 24.9 cm³/mol. The lowest BCUT2D eigenvalue weighted by molar-refractivity contribution is -0.305. The fraction of sp³-hybridized carbons (Fsp3) is 0.750. The summed E-state index contributed by atoms with van der Waals surface area (Å²) in [6, 6.07) is 0. The average Bonchev–Trinajstić information content (AvgIpc) is 1.65. The molecule has 0 N–H and O–H groups in total. The summed E-state index contributed by atoms with van der Waals surface area (Å²) in [5.74, 6) is -1.19. The predicted octanol–water partition coefficient (Wildman–Crippen LogP) is -0.246. The largest absolute Gasteiger partial charge is 0.549 e. The summed E-state index contributed by atoms with van der Waals surface area (Å²) < 4.78 is 0. The first kappa shape index (κ1) is 6.76. The molecule has 0 spiro atoms. The fourth-order valence-corrected chi connectivity index (χ4v) is 0.167. The van der Waals surface area contributed by atoms with Gasteiger partial charge in [0.25, 0.3) is 0 Å². The molecule has 0 aliphatic carbocycles. The van der Waals surface area contributed by atoms with Gasteiger partial charge in [-0.2, -0.15) is 0 Å². The molecule has 0 saturated heterocycles. The van der Waals surface area contributed by atoms with Crippen molar-refractivity contribution in [3.63, 3.8) is 0 Å². The van der Waals surface area contributed by atoms with E-state index in [-0.39, 0.29) is 0 Å². The Hall–Kier alpha value is -0.240. The van der Waals surface area contributed by atoms with Crippen molar-refractivity contribution in [3.05, 3.63) is 0 Å². The van der Waals surface area contributed by atoms with Crippen molar-refractivity contribution >= 4 is 17.6 Å². The third-order valence-corrected chi connectivity index (χ3v) is 1.10. The van der Waals surface area contributed by atoms with Crippen LogP contribution < -0.4 is 5.11 Å². The van der Waals surface area contributed by atoms with Crippen molar-refractivity contribution < 1.29 is 9.90 Å². The first-order valence-electron chi connectivity index (χ1n) is 2.03. The quantitative estimate of drug-likeness (QED) is 0.473. The van der Waals surface area contributed by atoms with Crippen LogP contribution in [-0.4, -0.2) is 11.3 Å². The van der Waals surface area contributed by atoms with E-state index in [9.17, 15) is 9.90 Å². The molecule has 3 heteroatoms. The van der Waals surface area contributed by atoms with Crippen LogP contribution in [0.1, 0.15) is 13.3 Å². The molecule has 0 aromatic rings. The van der Waals surface area contributed by atoms with Crippen LogP contribution in [0.15, 0.2) is 0 Å². The van der Waals surface area contributed by atoms with E-state index >= 15 is 0 Å². The zero-order valence-electron chi connectivity index (χ0n) is 3.98. The molecule has 0 rings (SSSR count). The van der Waals surface area contributed by atoms with Gasteiger partial charge in [0.1, 0.15) is 0 Å². The Kier molecular flexibility index (Phi) is 2.76. The van der Waals surface area contributed by atoms with Gasteiger partial charge in [-0.15, -0.1) is 11.6 Å². The summed E-state index contributed by atoms with van der Waals surface area (Å²) in [4.78, 5) is 9.69. The highest BCUT2D eigenvalue weighted by Gasteiger charge is 1.97. The van der Waals surface area contributed by atoms with E-state index in [0.29, 0.717) is 6.42 Å². The fourth-order valence-electron chi connectivity index (χ4n) is 0.167. The second kappa shape index (κ2) is 2.86. The third-order valence-electron chi connectivity index (χ3n) is 0.614. The van der Waals surface area contributed by atoms with E-state index in [1.54, 1.807) is 6.92 Å². The van der Waals surface area contributed by atoms with Gasteiger partial charge in [0.05, 0.1) is 11.3 Å². The number of halogens is 1. The molecule has 0 fully saturated rings. The molecule has 1 atom stereocenters. The Morgan fingerprint density at radius 3 is 2.43 bits per heavy atom. The molecular weight excluding hydrogens is 115 g/mol. The van der Waals surface area contributed by atoms with Crippen LogP contribution in [0, 0.1) is 0 Å². The van der Waals surface area contributed by atoms with Crippen molar-refractivity contribution in [2.45, 2.75) is 18.7 Å². The van der Waals surface area contributed by atoms with Crippen molar-refractivity contribution in [3.8, 4) is 0 Å².